The number of fused-ring (bicyclic) bond motifs is 1. The van der Waals surface area contributed by atoms with Gasteiger partial charge < -0.3 is 33.7 Å². The fraction of sp³-hybridized carbons (Fsp3) is 0.514. The highest BCUT2D eigenvalue weighted by Gasteiger charge is 2.44. The molecule has 0 bridgehead atoms. The molecule has 1 aliphatic carbocycles. The molecule has 11 heteroatoms. The third-order valence-electron chi connectivity index (χ3n) is 9.71. The van der Waals surface area contributed by atoms with Gasteiger partial charge >= 0.3 is 0 Å². The van der Waals surface area contributed by atoms with E-state index in [1.54, 1.807) is 38.5 Å². The zero-order valence-corrected chi connectivity index (χ0v) is 29.0. The van der Waals surface area contributed by atoms with Gasteiger partial charge in [-0.3, -0.25) is 0 Å². The summed E-state index contributed by atoms with van der Waals surface area (Å²) in [6.45, 7) is 6.23. The van der Waals surface area contributed by atoms with Gasteiger partial charge in [-0.05, 0) is 67.1 Å². The first-order valence-corrected chi connectivity index (χ1v) is 18.2. The third-order valence-corrected chi connectivity index (χ3v) is 11.6. The van der Waals surface area contributed by atoms with E-state index in [0.29, 0.717) is 26.4 Å². The van der Waals surface area contributed by atoms with E-state index in [4.69, 9.17) is 23.7 Å². The van der Waals surface area contributed by atoms with Crippen molar-refractivity contribution < 1.29 is 37.2 Å². The Bertz CT molecular complexity index is 1610. The number of β-amino-alcohol motifs (C(OH)–C–C–N with tert-alkyl or cyclic N) is 1. The van der Waals surface area contributed by atoms with Gasteiger partial charge in [0.1, 0.15) is 12.4 Å². The van der Waals surface area contributed by atoms with Gasteiger partial charge in [-0.1, -0.05) is 48.0 Å². The number of rotatable bonds is 15. The van der Waals surface area contributed by atoms with Crippen LogP contribution in [0.25, 0.3) is 0 Å². The standard InChI is InChI=1S/C37H48N2O8S/c1-27-5-12-31(13-6-27)48(41,42)39-22-33(40)36(30-10-7-28(8-11-30)24-45-26-37(44-3)15-16-37)35(23-39)47-25-29-9-14-34-32(21-29)38(18-20-46-34)17-4-19-43-2/h5-14,21,33,35-36,40H,4,15-20,22-26H2,1-3H3/t33-,35+,36+/m1/s1. The molecular formula is C37H48N2O8S. The number of anilines is 1. The smallest absolute Gasteiger partial charge is 0.243 e. The predicted octanol–water partition coefficient (Wildman–Crippen LogP) is 4.66. The molecule has 2 fully saturated rings. The zero-order chi connectivity index (χ0) is 33.7. The van der Waals surface area contributed by atoms with Gasteiger partial charge in [0.05, 0.1) is 54.8 Å². The van der Waals surface area contributed by atoms with Crippen molar-refractivity contribution in [1.29, 1.82) is 0 Å². The molecule has 2 heterocycles. The lowest BCUT2D eigenvalue weighted by Crippen LogP contribution is -2.53. The molecule has 3 aromatic carbocycles. The van der Waals surface area contributed by atoms with Gasteiger partial charge in [-0.25, -0.2) is 8.42 Å². The Morgan fingerprint density at radius 2 is 1.71 bits per heavy atom. The maximum absolute atomic E-state index is 13.8. The molecule has 48 heavy (non-hydrogen) atoms. The molecule has 2 aliphatic heterocycles. The van der Waals surface area contributed by atoms with Crippen LogP contribution >= 0.6 is 0 Å². The second-order valence-electron chi connectivity index (χ2n) is 13.2. The minimum Gasteiger partial charge on any atom is -0.490 e. The van der Waals surface area contributed by atoms with Gasteiger partial charge in [0.25, 0.3) is 0 Å². The van der Waals surface area contributed by atoms with Gasteiger partial charge in [-0.15, -0.1) is 0 Å². The van der Waals surface area contributed by atoms with Crippen molar-refractivity contribution in [2.75, 3.05) is 65.1 Å². The summed E-state index contributed by atoms with van der Waals surface area (Å²) in [5.74, 6) is 0.404. The number of nitrogens with zero attached hydrogens (tertiary/aromatic N) is 2. The Morgan fingerprint density at radius 3 is 2.42 bits per heavy atom. The molecule has 3 aliphatic rings. The van der Waals surface area contributed by atoms with E-state index in [1.807, 2.05) is 43.3 Å². The van der Waals surface area contributed by atoms with Crippen molar-refractivity contribution in [3.63, 3.8) is 0 Å². The largest absolute Gasteiger partial charge is 0.490 e. The van der Waals surface area contributed by atoms with Crippen molar-refractivity contribution in [3.8, 4) is 5.75 Å². The number of aliphatic hydroxyl groups is 1. The van der Waals surface area contributed by atoms with E-state index in [9.17, 15) is 13.5 Å². The average Bonchev–Trinajstić information content (AvgIpc) is 3.88. The molecule has 0 amide bonds. The summed E-state index contributed by atoms with van der Waals surface area (Å²) < 4.78 is 58.1. The highest BCUT2D eigenvalue weighted by molar-refractivity contribution is 7.89. The Kier molecular flexibility index (Phi) is 11.1. The van der Waals surface area contributed by atoms with Crippen LogP contribution in [0.15, 0.2) is 71.6 Å². The van der Waals surface area contributed by atoms with Gasteiger partial charge in [0.15, 0.2) is 0 Å². The molecule has 1 N–H and O–H groups in total. The Morgan fingerprint density at radius 1 is 0.958 bits per heavy atom. The number of aryl methyl sites for hydroxylation is 1. The molecule has 0 aromatic heterocycles. The normalized spacial score (nSPS) is 22.2. The fourth-order valence-corrected chi connectivity index (χ4v) is 8.06. The van der Waals surface area contributed by atoms with Crippen molar-refractivity contribution in [3.05, 3.63) is 89.0 Å². The van der Waals surface area contributed by atoms with Crippen LogP contribution in [0.2, 0.25) is 0 Å². The number of methoxy groups -OCH3 is 2. The second kappa shape index (κ2) is 15.2. The van der Waals surface area contributed by atoms with E-state index in [1.165, 1.54) is 4.31 Å². The number of aliphatic hydroxyl groups excluding tert-OH is 1. The topological polar surface area (TPSA) is 107 Å². The second-order valence-corrected chi connectivity index (χ2v) is 15.1. The quantitative estimate of drug-likeness (QED) is 0.230. The number of sulfonamides is 1. The summed E-state index contributed by atoms with van der Waals surface area (Å²) in [6, 6.07) is 20.8. The summed E-state index contributed by atoms with van der Waals surface area (Å²) >= 11 is 0. The maximum Gasteiger partial charge on any atom is 0.243 e. The Hall–Kier alpha value is -3.03. The van der Waals surface area contributed by atoms with Crippen molar-refractivity contribution in [1.82, 2.24) is 4.31 Å². The van der Waals surface area contributed by atoms with Crippen molar-refractivity contribution in [2.24, 2.45) is 0 Å². The summed E-state index contributed by atoms with van der Waals surface area (Å²) in [5.41, 5.74) is 4.71. The highest BCUT2D eigenvalue weighted by atomic mass is 32.2. The molecule has 1 saturated carbocycles. The van der Waals surface area contributed by atoms with Crippen LogP contribution in [0.3, 0.4) is 0 Å². The van der Waals surface area contributed by atoms with Crippen LogP contribution in [0.1, 0.15) is 47.4 Å². The van der Waals surface area contributed by atoms with Crippen LogP contribution in [0, 0.1) is 6.92 Å². The summed E-state index contributed by atoms with van der Waals surface area (Å²) in [7, 11) is -0.420. The number of ether oxygens (including phenoxy) is 5. The van der Waals surface area contributed by atoms with E-state index in [0.717, 1.165) is 66.0 Å². The lowest BCUT2D eigenvalue weighted by molar-refractivity contribution is -0.0534. The van der Waals surface area contributed by atoms with E-state index < -0.39 is 28.1 Å². The highest BCUT2D eigenvalue weighted by Crippen LogP contribution is 2.39. The molecule has 0 unspecified atom stereocenters. The van der Waals surface area contributed by atoms with Crippen LogP contribution in [0.4, 0.5) is 5.69 Å². The molecule has 260 valence electrons. The first-order chi connectivity index (χ1) is 23.2. The first-order valence-electron chi connectivity index (χ1n) is 16.8. The maximum atomic E-state index is 13.8. The molecule has 6 rings (SSSR count). The molecule has 0 radical (unpaired) electrons. The minimum absolute atomic E-state index is 0.0304. The lowest BCUT2D eigenvalue weighted by Gasteiger charge is -2.41. The number of benzene rings is 3. The minimum atomic E-state index is -3.86. The van der Waals surface area contributed by atoms with Gasteiger partial charge in [0.2, 0.25) is 10.0 Å². The van der Waals surface area contributed by atoms with Gasteiger partial charge in [0, 0.05) is 46.4 Å². The molecule has 10 nitrogen and oxygen atoms in total. The Balaban J connectivity index is 1.21. The van der Waals surface area contributed by atoms with Crippen LogP contribution in [-0.2, 0) is 42.2 Å². The third kappa shape index (κ3) is 8.05. The Labute approximate surface area is 284 Å². The van der Waals surface area contributed by atoms with Gasteiger partial charge in [-0.2, -0.15) is 4.31 Å². The fourth-order valence-electron chi connectivity index (χ4n) is 6.59. The van der Waals surface area contributed by atoms with Crippen LogP contribution in [-0.4, -0.2) is 95.9 Å². The molecule has 0 spiro atoms. The van der Waals surface area contributed by atoms with Crippen molar-refractivity contribution in [2.45, 2.75) is 68.0 Å². The van der Waals surface area contributed by atoms with E-state index >= 15 is 0 Å². The molecule has 1 saturated heterocycles. The summed E-state index contributed by atoms with van der Waals surface area (Å²) in [5, 5.41) is 11.6. The summed E-state index contributed by atoms with van der Waals surface area (Å²) in [6.07, 6.45) is 1.37. The predicted molar refractivity (Wildman–Crippen MR) is 183 cm³/mol. The number of hydrogen-bond donors (Lipinski definition) is 1. The molecular weight excluding hydrogens is 632 g/mol. The number of piperidine rings is 1. The van der Waals surface area contributed by atoms with Crippen LogP contribution in [0.5, 0.6) is 5.75 Å². The number of hydrogen-bond acceptors (Lipinski definition) is 9. The lowest BCUT2D eigenvalue weighted by atomic mass is 9.85. The van der Waals surface area contributed by atoms with Crippen molar-refractivity contribution >= 4 is 15.7 Å². The monoisotopic (exact) mass is 680 g/mol. The molecule has 3 aromatic rings. The zero-order valence-electron chi connectivity index (χ0n) is 28.2. The SMILES string of the molecule is COCCCN1CCOc2ccc(CO[C@H]3CN(S(=O)(=O)c4ccc(C)cc4)C[C@@H](O)[C@@H]3c3ccc(COCC4(OC)CC4)cc3)cc21. The summed E-state index contributed by atoms with van der Waals surface area (Å²) in [4.78, 5) is 2.50. The van der Waals surface area contributed by atoms with E-state index in [2.05, 4.69) is 11.0 Å². The van der Waals surface area contributed by atoms with Crippen LogP contribution < -0.4 is 9.64 Å². The molecule has 3 atom stereocenters. The van der Waals surface area contributed by atoms with E-state index in [-0.39, 0.29) is 30.2 Å². The first kappa shape index (κ1) is 34.8. The average molecular weight is 681 g/mol.